The maximum Gasteiger partial charge on any atom is 0.337 e. The van der Waals surface area contributed by atoms with Gasteiger partial charge in [0.1, 0.15) is 0 Å². The lowest BCUT2D eigenvalue weighted by molar-refractivity contribution is 0.0697. The molecule has 4 heteroatoms. The van der Waals surface area contributed by atoms with Crippen LogP contribution in [0.1, 0.15) is 30.6 Å². The first-order valence-electron chi connectivity index (χ1n) is 6.89. The number of para-hydroxylation sites is 1. The number of benzene rings is 1. The minimum atomic E-state index is -0.850. The van der Waals surface area contributed by atoms with Gasteiger partial charge in [0.05, 0.1) is 11.3 Å². The fraction of sp³-hybridized carbons (Fsp3) is 0.533. The largest absolute Gasteiger partial charge is 0.478 e. The second-order valence-corrected chi connectivity index (χ2v) is 5.50. The molecule has 4 nitrogen and oxygen atoms in total. The van der Waals surface area contributed by atoms with E-state index in [-0.39, 0.29) is 0 Å². The normalized spacial score (nSPS) is 19.7. The van der Waals surface area contributed by atoms with Crippen molar-refractivity contribution < 1.29 is 9.90 Å². The van der Waals surface area contributed by atoms with E-state index in [1.165, 1.54) is 0 Å². The van der Waals surface area contributed by atoms with Crippen molar-refractivity contribution >= 4 is 11.7 Å². The van der Waals surface area contributed by atoms with Gasteiger partial charge < -0.3 is 15.3 Å². The molecule has 1 aromatic rings. The molecule has 2 N–H and O–H groups in total. The molecule has 104 valence electrons. The molecule has 0 spiro atoms. The molecule has 1 aromatic carbocycles. The molecule has 19 heavy (non-hydrogen) atoms. The van der Waals surface area contributed by atoms with Crippen molar-refractivity contribution in [2.45, 2.75) is 26.3 Å². The number of rotatable bonds is 4. The number of carboxylic acids is 1. The van der Waals surface area contributed by atoms with Crippen molar-refractivity contribution in [3.05, 3.63) is 29.8 Å². The molecule has 1 aliphatic rings. The van der Waals surface area contributed by atoms with Crippen molar-refractivity contribution in [2.75, 3.05) is 24.5 Å². The number of nitrogens with zero attached hydrogens (tertiary/aromatic N) is 1. The second kappa shape index (κ2) is 6.06. The van der Waals surface area contributed by atoms with Crippen molar-refractivity contribution in [2.24, 2.45) is 5.92 Å². The van der Waals surface area contributed by atoms with Gasteiger partial charge in [0.2, 0.25) is 0 Å². The fourth-order valence-electron chi connectivity index (χ4n) is 2.74. The summed E-state index contributed by atoms with van der Waals surface area (Å²) >= 11 is 0. The summed E-state index contributed by atoms with van der Waals surface area (Å²) in [5.41, 5.74) is 1.25. The number of carbonyl (C=O) groups is 1. The van der Waals surface area contributed by atoms with Gasteiger partial charge >= 0.3 is 5.97 Å². The molecule has 2 rings (SSSR count). The summed E-state index contributed by atoms with van der Waals surface area (Å²) in [7, 11) is 0. The van der Waals surface area contributed by atoms with Gasteiger partial charge in [0.15, 0.2) is 0 Å². The highest BCUT2D eigenvalue weighted by Gasteiger charge is 2.26. The lowest BCUT2D eigenvalue weighted by Gasteiger charge is -2.39. The Bertz CT molecular complexity index is 446. The van der Waals surface area contributed by atoms with Crippen LogP contribution in [0.25, 0.3) is 0 Å². The number of hydrogen-bond acceptors (Lipinski definition) is 3. The Labute approximate surface area is 114 Å². The van der Waals surface area contributed by atoms with E-state index in [0.29, 0.717) is 17.5 Å². The molecule has 1 saturated heterocycles. The van der Waals surface area contributed by atoms with Gasteiger partial charge in [-0.05, 0) is 24.5 Å². The average molecular weight is 262 g/mol. The molecule has 0 amide bonds. The van der Waals surface area contributed by atoms with Crippen molar-refractivity contribution in [3.63, 3.8) is 0 Å². The minimum absolute atomic E-state index is 0.370. The summed E-state index contributed by atoms with van der Waals surface area (Å²) in [6.45, 7) is 7.10. The van der Waals surface area contributed by atoms with Crippen LogP contribution in [0.3, 0.4) is 0 Å². The molecular weight excluding hydrogens is 240 g/mol. The first kappa shape index (κ1) is 13.9. The van der Waals surface area contributed by atoms with Crippen molar-refractivity contribution in [1.82, 2.24) is 5.32 Å². The highest BCUT2D eigenvalue weighted by atomic mass is 16.4. The van der Waals surface area contributed by atoms with Crippen LogP contribution in [0.15, 0.2) is 24.3 Å². The Kier molecular flexibility index (Phi) is 4.43. The SMILES string of the molecule is CC(C)C[C@H]1CNCCN1c1ccccc1C(=O)O. The lowest BCUT2D eigenvalue weighted by Crippen LogP contribution is -2.52. The maximum atomic E-state index is 11.4. The molecule has 1 heterocycles. The topological polar surface area (TPSA) is 52.6 Å². The number of hydrogen-bond donors (Lipinski definition) is 2. The van der Waals surface area contributed by atoms with Crippen LogP contribution in [0.4, 0.5) is 5.69 Å². The van der Waals surface area contributed by atoms with Crippen LogP contribution in [0, 0.1) is 5.92 Å². The predicted molar refractivity (Wildman–Crippen MR) is 76.9 cm³/mol. The van der Waals surface area contributed by atoms with Gasteiger partial charge in [-0.1, -0.05) is 26.0 Å². The summed E-state index contributed by atoms with van der Waals surface area (Å²) in [6, 6.07) is 7.67. The van der Waals surface area contributed by atoms with Crippen molar-refractivity contribution in [1.29, 1.82) is 0 Å². The lowest BCUT2D eigenvalue weighted by atomic mass is 9.99. The van der Waals surface area contributed by atoms with Gasteiger partial charge in [0.25, 0.3) is 0 Å². The minimum Gasteiger partial charge on any atom is -0.478 e. The Hall–Kier alpha value is -1.55. The number of piperazine rings is 1. The number of anilines is 1. The van der Waals surface area contributed by atoms with E-state index >= 15 is 0 Å². The summed E-state index contributed by atoms with van der Waals surface area (Å²) in [4.78, 5) is 13.6. The van der Waals surface area contributed by atoms with Gasteiger partial charge in [0, 0.05) is 25.7 Å². The maximum absolute atomic E-state index is 11.4. The summed E-state index contributed by atoms with van der Waals surface area (Å²) < 4.78 is 0. The molecule has 0 aliphatic carbocycles. The zero-order chi connectivity index (χ0) is 13.8. The molecule has 0 bridgehead atoms. The second-order valence-electron chi connectivity index (χ2n) is 5.50. The number of aromatic carboxylic acids is 1. The van der Waals surface area contributed by atoms with Crippen LogP contribution in [-0.2, 0) is 0 Å². The van der Waals surface area contributed by atoms with Crippen LogP contribution >= 0.6 is 0 Å². The monoisotopic (exact) mass is 262 g/mol. The Balaban J connectivity index is 2.29. The molecule has 1 atom stereocenters. The molecule has 1 fully saturated rings. The van der Waals surface area contributed by atoms with E-state index in [1.54, 1.807) is 12.1 Å². The molecule has 0 saturated carbocycles. The summed E-state index contributed by atoms with van der Waals surface area (Å²) in [6.07, 6.45) is 1.07. The molecule has 0 aromatic heterocycles. The zero-order valence-electron chi connectivity index (χ0n) is 11.6. The average Bonchev–Trinajstić information content (AvgIpc) is 2.38. The molecule has 0 unspecified atom stereocenters. The molecule has 1 aliphatic heterocycles. The third-order valence-corrected chi connectivity index (χ3v) is 3.54. The van der Waals surface area contributed by atoms with E-state index in [1.807, 2.05) is 12.1 Å². The van der Waals surface area contributed by atoms with E-state index in [2.05, 4.69) is 24.1 Å². The fourth-order valence-corrected chi connectivity index (χ4v) is 2.74. The van der Waals surface area contributed by atoms with Crippen molar-refractivity contribution in [3.8, 4) is 0 Å². The van der Waals surface area contributed by atoms with Gasteiger partial charge in [-0.3, -0.25) is 0 Å². The summed E-state index contributed by atoms with van der Waals surface area (Å²) in [5.74, 6) is -0.248. The van der Waals surface area contributed by atoms with E-state index in [0.717, 1.165) is 31.7 Å². The molecular formula is C15H22N2O2. The first-order chi connectivity index (χ1) is 9.09. The highest BCUT2D eigenvalue weighted by molar-refractivity contribution is 5.94. The van der Waals surface area contributed by atoms with Gasteiger partial charge in [-0.25, -0.2) is 4.79 Å². The predicted octanol–water partition coefficient (Wildman–Crippen LogP) is 2.21. The standard InChI is InChI=1S/C15H22N2O2/c1-11(2)9-12-10-16-7-8-17(12)14-6-4-3-5-13(14)15(18)19/h3-6,11-12,16H,7-10H2,1-2H3,(H,18,19)/t12-/m0/s1. The van der Waals surface area contributed by atoms with Crippen LogP contribution < -0.4 is 10.2 Å². The Morgan fingerprint density at radius 2 is 2.21 bits per heavy atom. The highest BCUT2D eigenvalue weighted by Crippen LogP contribution is 2.26. The summed E-state index contributed by atoms with van der Waals surface area (Å²) in [5, 5.41) is 12.7. The zero-order valence-corrected chi connectivity index (χ0v) is 11.6. The van der Waals surface area contributed by atoms with E-state index < -0.39 is 5.97 Å². The smallest absolute Gasteiger partial charge is 0.337 e. The van der Waals surface area contributed by atoms with Gasteiger partial charge in [-0.15, -0.1) is 0 Å². The third kappa shape index (κ3) is 3.26. The van der Waals surface area contributed by atoms with Gasteiger partial charge in [-0.2, -0.15) is 0 Å². The number of carboxylic acid groups (broad SMARTS) is 1. The van der Waals surface area contributed by atoms with E-state index in [4.69, 9.17) is 0 Å². The number of nitrogens with one attached hydrogen (secondary N) is 1. The molecule has 0 radical (unpaired) electrons. The first-order valence-corrected chi connectivity index (χ1v) is 6.89. The van der Waals surface area contributed by atoms with Crippen LogP contribution in [0.5, 0.6) is 0 Å². The van der Waals surface area contributed by atoms with E-state index in [9.17, 15) is 9.90 Å². The Morgan fingerprint density at radius 3 is 2.89 bits per heavy atom. The quantitative estimate of drug-likeness (QED) is 0.873. The Morgan fingerprint density at radius 1 is 1.47 bits per heavy atom. The van der Waals surface area contributed by atoms with Crippen LogP contribution in [0.2, 0.25) is 0 Å². The van der Waals surface area contributed by atoms with Crippen LogP contribution in [-0.4, -0.2) is 36.8 Å². The third-order valence-electron chi connectivity index (χ3n) is 3.54.